The quantitative estimate of drug-likeness (QED) is 0.369. The predicted octanol–water partition coefficient (Wildman–Crippen LogP) is 6.25. The van der Waals surface area contributed by atoms with E-state index in [1.807, 2.05) is 19.1 Å². The number of halogens is 3. The summed E-state index contributed by atoms with van der Waals surface area (Å²) in [6.07, 6.45) is 0.421. The number of methoxy groups -OCH3 is 1. The van der Waals surface area contributed by atoms with Crippen LogP contribution in [0, 0.1) is 19.7 Å². The number of thiophene rings is 1. The Morgan fingerprint density at radius 3 is 2.31 bits per heavy atom. The Bertz CT molecular complexity index is 983. The number of aryl methyl sites for hydroxylation is 2. The van der Waals surface area contributed by atoms with E-state index in [0.29, 0.717) is 21.7 Å². The van der Waals surface area contributed by atoms with Gasteiger partial charge in [-0.3, -0.25) is 4.79 Å². The molecular formula is C19H15Cl2FO3S. The Morgan fingerprint density at radius 2 is 1.73 bits per heavy atom. The minimum atomic E-state index is -0.574. The van der Waals surface area contributed by atoms with Gasteiger partial charge in [0.15, 0.2) is 6.29 Å². The number of esters is 1. The Hall–Kier alpha value is -1.95. The fourth-order valence-corrected chi connectivity index (χ4v) is 3.63. The summed E-state index contributed by atoms with van der Waals surface area (Å²) in [6.45, 7) is 3.66. The molecule has 1 aromatic heterocycles. The second-order valence-electron chi connectivity index (χ2n) is 5.42. The summed E-state index contributed by atoms with van der Waals surface area (Å²) in [4.78, 5) is 22.2. The first-order valence-corrected chi connectivity index (χ1v) is 9.04. The van der Waals surface area contributed by atoms with E-state index in [-0.39, 0.29) is 16.6 Å². The SMILES string of the molecule is COC(=O)c1cc2c(Cl)c(C)ccc2s1.Cc1ccc(F)c(C=O)c1Cl. The molecule has 0 N–H and O–H groups in total. The Labute approximate surface area is 164 Å². The maximum atomic E-state index is 12.7. The van der Waals surface area contributed by atoms with Gasteiger partial charge >= 0.3 is 5.97 Å². The molecule has 0 radical (unpaired) electrons. The van der Waals surface area contributed by atoms with Crippen molar-refractivity contribution in [3.63, 3.8) is 0 Å². The van der Waals surface area contributed by atoms with Gasteiger partial charge in [0.05, 0.1) is 22.7 Å². The van der Waals surface area contributed by atoms with Gasteiger partial charge in [-0.25, -0.2) is 9.18 Å². The first kappa shape index (κ1) is 20.4. The minimum Gasteiger partial charge on any atom is -0.465 e. The molecule has 0 aliphatic rings. The molecule has 3 nitrogen and oxygen atoms in total. The number of carbonyl (C=O) groups excluding carboxylic acids is 2. The van der Waals surface area contributed by atoms with Crippen LogP contribution in [0.4, 0.5) is 4.39 Å². The van der Waals surface area contributed by atoms with E-state index in [0.717, 1.165) is 15.6 Å². The van der Waals surface area contributed by atoms with Gasteiger partial charge in [0.1, 0.15) is 10.7 Å². The van der Waals surface area contributed by atoms with Gasteiger partial charge in [-0.1, -0.05) is 35.3 Å². The summed E-state index contributed by atoms with van der Waals surface area (Å²) in [5.74, 6) is -0.888. The van der Waals surface area contributed by atoms with Gasteiger partial charge < -0.3 is 4.74 Å². The molecule has 0 saturated carbocycles. The van der Waals surface area contributed by atoms with Crippen molar-refractivity contribution in [1.82, 2.24) is 0 Å². The van der Waals surface area contributed by atoms with E-state index in [9.17, 15) is 14.0 Å². The number of carbonyl (C=O) groups is 2. The van der Waals surface area contributed by atoms with Crippen molar-refractivity contribution in [2.24, 2.45) is 0 Å². The van der Waals surface area contributed by atoms with Crippen LogP contribution in [0.1, 0.15) is 31.2 Å². The number of rotatable bonds is 2. The molecule has 0 fully saturated rings. The Balaban J connectivity index is 0.000000197. The molecule has 0 aliphatic heterocycles. The first-order chi connectivity index (χ1) is 12.3. The molecule has 26 heavy (non-hydrogen) atoms. The van der Waals surface area contributed by atoms with Gasteiger partial charge in [-0.2, -0.15) is 0 Å². The smallest absolute Gasteiger partial charge is 0.348 e. The number of ether oxygens (including phenoxy) is 1. The van der Waals surface area contributed by atoms with Crippen LogP contribution >= 0.6 is 34.5 Å². The summed E-state index contributed by atoms with van der Waals surface area (Å²) in [5.41, 5.74) is 1.65. The van der Waals surface area contributed by atoms with Crippen LogP contribution in [0.15, 0.2) is 30.3 Å². The topological polar surface area (TPSA) is 43.4 Å². The van der Waals surface area contributed by atoms with Crippen molar-refractivity contribution in [2.45, 2.75) is 13.8 Å². The average molecular weight is 413 g/mol. The molecule has 3 aromatic rings. The van der Waals surface area contributed by atoms with Crippen LogP contribution in [0.5, 0.6) is 0 Å². The molecule has 0 saturated heterocycles. The molecule has 3 rings (SSSR count). The number of hydrogen-bond acceptors (Lipinski definition) is 4. The van der Waals surface area contributed by atoms with Crippen LogP contribution in [-0.4, -0.2) is 19.4 Å². The van der Waals surface area contributed by atoms with E-state index in [2.05, 4.69) is 4.74 Å². The third kappa shape index (κ3) is 4.23. The second-order valence-corrected chi connectivity index (χ2v) is 7.26. The molecule has 0 amide bonds. The highest BCUT2D eigenvalue weighted by Gasteiger charge is 2.12. The summed E-state index contributed by atoms with van der Waals surface area (Å²) < 4.78 is 18.4. The largest absolute Gasteiger partial charge is 0.465 e. The monoisotopic (exact) mass is 412 g/mol. The molecule has 0 unspecified atom stereocenters. The third-order valence-corrected chi connectivity index (χ3v) is 5.74. The lowest BCUT2D eigenvalue weighted by Gasteiger charge is -2.00. The maximum absolute atomic E-state index is 12.7. The first-order valence-electron chi connectivity index (χ1n) is 7.46. The Morgan fingerprint density at radius 1 is 1.12 bits per heavy atom. The summed E-state index contributed by atoms with van der Waals surface area (Å²) in [7, 11) is 1.37. The number of benzene rings is 2. The molecule has 1 heterocycles. The van der Waals surface area contributed by atoms with Crippen LogP contribution in [-0.2, 0) is 4.74 Å². The second kappa shape index (κ2) is 8.62. The maximum Gasteiger partial charge on any atom is 0.348 e. The van der Waals surface area contributed by atoms with Crippen molar-refractivity contribution >= 4 is 56.9 Å². The van der Waals surface area contributed by atoms with E-state index < -0.39 is 5.82 Å². The molecule has 2 aromatic carbocycles. The fraction of sp³-hybridized carbons (Fsp3) is 0.158. The molecular weight excluding hydrogens is 398 g/mol. The average Bonchev–Trinajstić information content (AvgIpc) is 3.07. The lowest BCUT2D eigenvalue weighted by Crippen LogP contribution is -1.96. The van der Waals surface area contributed by atoms with Crippen LogP contribution in [0.2, 0.25) is 10.0 Å². The molecule has 0 bridgehead atoms. The fourth-order valence-electron chi connectivity index (χ4n) is 2.17. The van der Waals surface area contributed by atoms with Crippen molar-refractivity contribution in [3.05, 3.63) is 67.8 Å². The van der Waals surface area contributed by atoms with Crippen molar-refractivity contribution < 1.29 is 18.7 Å². The highest BCUT2D eigenvalue weighted by molar-refractivity contribution is 7.20. The summed E-state index contributed by atoms with van der Waals surface area (Å²) in [5, 5.41) is 1.82. The van der Waals surface area contributed by atoms with Gasteiger partial charge in [-0.05, 0) is 43.2 Å². The zero-order valence-electron chi connectivity index (χ0n) is 14.2. The molecule has 7 heteroatoms. The molecule has 0 spiro atoms. The lowest BCUT2D eigenvalue weighted by molar-refractivity contribution is 0.0606. The van der Waals surface area contributed by atoms with E-state index >= 15 is 0 Å². The number of fused-ring (bicyclic) bond motifs is 1. The highest BCUT2D eigenvalue weighted by Crippen LogP contribution is 2.33. The van der Waals surface area contributed by atoms with Crippen LogP contribution in [0.25, 0.3) is 10.1 Å². The Kier molecular flexibility index (Phi) is 6.75. The number of aldehydes is 1. The van der Waals surface area contributed by atoms with Crippen LogP contribution in [0.3, 0.4) is 0 Å². The molecule has 136 valence electrons. The molecule has 0 atom stereocenters. The zero-order valence-corrected chi connectivity index (χ0v) is 16.6. The summed E-state index contributed by atoms with van der Waals surface area (Å²) >= 11 is 13.2. The molecule has 0 aliphatic carbocycles. The van der Waals surface area contributed by atoms with Gasteiger partial charge in [0, 0.05) is 10.1 Å². The minimum absolute atomic E-state index is 0.0633. The van der Waals surface area contributed by atoms with Crippen molar-refractivity contribution in [3.8, 4) is 0 Å². The van der Waals surface area contributed by atoms with Gasteiger partial charge in [-0.15, -0.1) is 11.3 Å². The highest BCUT2D eigenvalue weighted by atomic mass is 35.5. The van der Waals surface area contributed by atoms with Gasteiger partial charge in [0.2, 0.25) is 0 Å². The van der Waals surface area contributed by atoms with E-state index in [1.165, 1.54) is 30.6 Å². The third-order valence-electron chi connectivity index (χ3n) is 3.65. The summed E-state index contributed by atoms with van der Waals surface area (Å²) in [6, 6.07) is 8.45. The van der Waals surface area contributed by atoms with Crippen LogP contribution < -0.4 is 0 Å². The zero-order chi connectivity index (χ0) is 19.4. The normalized spacial score (nSPS) is 10.2. The van der Waals surface area contributed by atoms with Crippen molar-refractivity contribution in [1.29, 1.82) is 0 Å². The van der Waals surface area contributed by atoms with Crippen molar-refractivity contribution in [2.75, 3.05) is 7.11 Å². The van der Waals surface area contributed by atoms with E-state index in [1.54, 1.807) is 13.0 Å². The standard InChI is InChI=1S/C11H9ClO2S.C8H6ClFO/c1-6-3-4-8-7(10(6)12)5-9(15-8)11(13)14-2;1-5-2-3-7(10)6(4-11)8(5)9/h3-5H,1-2H3;2-4H,1H3. The lowest BCUT2D eigenvalue weighted by atomic mass is 10.1. The van der Waals surface area contributed by atoms with Gasteiger partial charge in [0.25, 0.3) is 0 Å². The van der Waals surface area contributed by atoms with E-state index in [4.69, 9.17) is 23.2 Å². The number of hydrogen-bond donors (Lipinski definition) is 0. The predicted molar refractivity (Wildman–Crippen MR) is 104 cm³/mol.